The highest BCUT2D eigenvalue weighted by Gasteiger charge is 2.16. The molecule has 0 aliphatic rings. The van der Waals surface area contributed by atoms with Crippen LogP contribution in [0.4, 0.5) is 0 Å². The van der Waals surface area contributed by atoms with Gasteiger partial charge < -0.3 is 0 Å². The maximum absolute atomic E-state index is 5.20. The van der Waals surface area contributed by atoms with Crippen LogP contribution in [0.25, 0.3) is 66.8 Å². The van der Waals surface area contributed by atoms with Crippen molar-refractivity contribution in [2.24, 2.45) is 0 Å². The van der Waals surface area contributed by atoms with Crippen molar-refractivity contribution in [1.29, 1.82) is 0 Å². The molecule has 2 heteroatoms. The molecule has 48 heavy (non-hydrogen) atoms. The van der Waals surface area contributed by atoms with Gasteiger partial charge in [-0.2, -0.15) is 0 Å². The molecule has 2 aromatic heterocycles. The highest BCUT2D eigenvalue weighted by atomic mass is 14.7. The number of pyridine rings is 2. The van der Waals surface area contributed by atoms with E-state index in [0.29, 0.717) is 0 Å². The van der Waals surface area contributed by atoms with Gasteiger partial charge in [-0.1, -0.05) is 157 Å². The van der Waals surface area contributed by atoms with Crippen molar-refractivity contribution < 1.29 is 0 Å². The molecular formula is C46H42N2. The molecule has 236 valence electrons. The van der Waals surface area contributed by atoms with Gasteiger partial charge in [0.2, 0.25) is 0 Å². The Labute approximate surface area is 285 Å². The predicted molar refractivity (Wildman–Crippen MR) is 204 cm³/mol. The Morgan fingerprint density at radius 1 is 0.396 bits per heavy atom. The molecule has 0 aliphatic carbocycles. The first-order valence-electron chi connectivity index (χ1n) is 16.8. The second-order valence-corrected chi connectivity index (χ2v) is 14.8. The fourth-order valence-electron chi connectivity index (χ4n) is 6.33. The van der Waals surface area contributed by atoms with E-state index in [-0.39, 0.29) is 10.8 Å². The Hall–Kier alpha value is -5.34. The van der Waals surface area contributed by atoms with Crippen LogP contribution in [0, 0.1) is 0 Å². The van der Waals surface area contributed by atoms with E-state index in [1.807, 2.05) is 6.20 Å². The number of rotatable bonds is 5. The maximum Gasteiger partial charge on any atom is 0.0780 e. The van der Waals surface area contributed by atoms with Crippen LogP contribution in [0.1, 0.15) is 52.7 Å². The Kier molecular flexibility index (Phi) is 8.05. The summed E-state index contributed by atoms with van der Waals surface area (Å²) in [5.41, 5.74) is 13.8. The Balaban J connectivity index is 1.26. The summed E-state index contributed by atoms with van der Waals surface area (Å²) in [6, 6.07) is 50.3. The highest BCUT2D eigenvalue weighted by molar-refractivity contribution is 5.95. The summed E-state index contributed by atoms with van der Waals surface area (Å²) in [7, 11) is 0. The van der Waals surface area contributed by atoms with Crippen molar-refractivity contribution in [1.82, 2.24) is 9.97 Å². The largest absolute Gasteiger partial charge is 0.256 e. The van der Waals surface area contributed by atoms with Gasteiger partial charge in [0, 0.05) is 28.3 Å². The summed E-state index contributed by atoms with van der Waals surface area (Å²) in [6.07, 6.45) is 1.90. The first-order chi connectivity index (χ1) is 23.0. The van der Waals surface area contributed by atoms with Crippen LogP contribution in [0.3, 0.4) is 0 Å². The number of nitrogens with zero attached hydrogens (tertiary/aromatic N) is 2. The molecule has 0 bridgehead atoms. The SMILES string of the molecule is CC(C)(C)c1ccc(-c2cc(-c3ccc(-c4cccc(-c5nccc6ccccc56)c4)cc3)cc(-c3ccc(C(C)(C)C)cc3)n2)cc1. The molecule has 0 saturated carbocycles. The van der Waals surface area contributed by atoms with Gasteiger partial charge in [-0.05, 0) is 73.9 Å². The lowest BCUT2D eigenvalue weighted by atomic mass is 9.86. The number of hydrogen-bond donors (Lipinski definition) is 0. The fourth-order valence-corrected chi connectivity index (χ4v) is 6.33. The zero-order valence-corrected chi connectivity index (χ0v) is 28.8. The molecule has 0 amide bonds. The highest BCUT2D eigenvalue weighted by Crippen LogP contribution is 2.35. The van der Waals surface area contributed by atoms with Gasteiger partial charge in [-0.15, -0.1) is 0 Å². The van der Waals surface area contributed by atoms with Crippen LogP contribution in [0.2, 0.25) is 0 Å². The third kappa shape index (κ3) is 6.44. The van der Waals surface area contributed by atoms with Crippen molar-refractivity contribution in [3.8, 4) is 56.0 Å². The minimum Gasteiger partial charge on any atom is -0.256 e. The molecule has 5 aromatic carbocycles. The average molecular weight is 623 g/mol. The van der Waals surface area contributed by atoms with Crippen molar-refractivity contribution in [3.63, 3.8) is 0 Å². The summed E-state index contributed by atoms with van der Waals surface area (Å²) in [4.78, 5) is 9.96. The summed E-state index contributed by atoms with van der Waals surface area (Å²) in [5, 5.41) is 2.36. The van der Waals surface area contributed by atoms with E-state index in [1.54, 1.807) is 0 Å². The molecule has 0 fully saturated rings. The van der Waals surface area contributed by atoms with Gasteiger partial charge in [0.05, 0.1) is 17.1 Å². The summed E-state index contributed by atoms with van der Waals surface area (Å²) >= 11 is 0. The van der Waals surface area contributed by atoms with E-state index in [2.05, 4.69) is 181 Å². The van der Waals surface area contributed by atoms with Crippen LogP contribution in [0.15, 0.2) is 146 Å². The van der Waals surface area contributed by atoms with Crippen LogP contribution in [0.5, 0.6) is 0 Å². The normalized spacial score (nSPS) is 12.0. The van der Waals surface area contributed by atoms with E-state index in [4.69, 9.17) is 9.97 Å². The summed E-state index contributed by atoms with van der Waals surface area (Å²) < 4.78 is 0. The lowest BCUT2D eigenvalue weighted by Gasteiger charge is -2.20. The lowest BCUT2D eigenvalue weighted by molar-refractivity contribution is 0.590. The van der Waals surface area contributed by atoms with Crippen LogP contribution in [-0.2, 0) is 10.8 Å². The van der Waals surface area contributed by atoms with Crippen molar-refractivity contribution >= 4 is 10.8 Å². The average Bonchev–Trinajstić information content (AvgIpc) is 3.11. The molecule has 0 aliphatic heterocycles. The number of aromatic nitrogens is 2. The smallest absolute Gasteiger partial charge is 0.0780 e. The minimum atomic E-state index is 0.0976. The van der Waals surface area contributed by atoms with Gasteiger partial charge in [-0.25, -0.2) is 4.98 Å². The molecule has 7 rings (SSSR count). The monoisotopic (exact) mass is 622 g/mol. The molecule has 2 heterocycles. The van der Waals surface area contributed by atoms with Crippen LogP contribution >= 0.6 is 0 Å². The van der Waals surface area contributed by atoms with E-state index in [0.717, 1.165) is 50.3 Å². The quantitative estimate of drug-likeness (QED) is 0.191. The Bertz CT molecular complexity index is 2130. The molecule has 0 atom stereocenters. The van der Waals surface area contributed by atoms with E-state index in [9.17, 15) is 0 Å². The zero-order valence-electron chi connectivity index (χ0n) is 28.8. The van der Waals surface area contributed by atoms with Crippen LogP contribution < -0.4 is 0 Å². The standard InChI is InChI=1S/C46H42N2/c1-45(2,3)39-22-18-34(19-23-39)42-29-38(30-43(48-42)35-20-24-40(25-21-35)46(4,5)6)32-16-14-31(15-17-32)36-11-9-12-37(28-36)44-41-13-8-7-10-33(41)26-27-47-44/h7-30H,1-6H3. The van der Waals surface area contributed by atoms with Gasteiger partial charge in [0.25, 0.3) is 0 Å². The van der Waals surface area contributed by atoms with Gasteiger partial charge in [-0.3, -0.25) is 4.98 Å². The molecule has 2 nitrogen and oxygen atoms in total. The Morgan fingerprint density at radius 2 is 0.896 bits per heavy atom. The molecule has 7 aromatic rings. The van der Waals surface area contributed by atoms with Crippen LogP contribution in [-0.4, -0.2) is 9.97 Å². The van der Waals surface area contributed by atoms with Crippen molar-refractivity contribution in [2.45, 2.75) is 52.4 Å². The second-order valence-electron chi connectivity index (χ2n) is 14.8. The first-order valence-corrected chi connectivity index (χ1v) is 16.8. The summed E-state index contributed by atoms with van der Waals surface area (Å²) in [5.74, 6) is 0. The molecule has 0 N–H and O–H groups in total. The van der Waals surface area contributed by atoms with Gasteiger partial charge in [0.1, 0.15) is 0 Å². The zero-order chi connectivity index (χ0) is 33.5. The third-order valence-electron chi connectivity index (χ3n) is 9.28. The van der Waals surface area contributed by atoms with Crippen molar-refractivity contribution in [2.75, 3.05) is 0 Å². The van der Waals surface area contributed by atoms with Crippen molar-refractivity contribution in [3.05, 3.63) is 157 Å². The number of benzene rings is 5. The topological polar surface area (TPSA) is 25.8 Å². The Morgan fingerprint density at radius 3 is 1.46 bits per heavy atom. The fraction of sp³-hybridized carbons (Fsp3) is 0.174. The lowest BCUT2D eigenvalue weighted by Crippen LogP contribution is -2.10. The number of hydrogen-bond acceptors (Lipinski definition) is 2. The first kappa shape index (κ1) is 31.3. The molecular weight excluding hydrogens is 581 g/mol. The predicted octanol–water partition coefficient (Wildman–Crippen LogP) is 12.6. The van der Waals surface area contributed by atoms with Gasteiger partial charge >= 0.3 is 0 Å². The molecule has 0 saturated heterocycles. The van der Waals surface area contributed by atoms with E-state index < -0.39 is 0 Å². The maximum atomic E-state index is 5.20. The van der Waals surface area contributed by atoms with E-state index >= 15 is 0 Å². The molecule has 0 radical (unpaired) electrons. The molecule has 0 spiro atoms. The van der Waals surface area contributed by atoms with E-state index in [1.165, 1.54) is 27.6 Å². The summed E-state index contributed by atoms with van der Waals surface area (Å²) in [6.45, 7) is 13.5. The number of fused-ring (bicyclic) bond motifs is 1. The minimum absolute atomic E-state index is 0.0976. The second kappa shape index (κ2) is 12.4. The van der Waals surface area contributed by atoms with Gasteiger partial charge in [0.15, 0.2) is 0 Å². The molecule has 0 unspecified atom stereocenters. The third-order valence-corrected chi connectivity index (χ3v) is 9.28.